The normalized spacial score (nSPS) is 24.4. The molecule has 19 heavy (non-hydrogen) atoms. The Bertz CT molecular complexity index is 568. The van der Waals surface area contributed by atoms with Gasteiger partial charge in [-0.2, -0.15) is 0 Å². The zero-order valence-electron chi connectivity index (χ0n) is 10.4. The van der Waals surface area contributed by atoms with Crippen molar-refractivity contribution in [1.82, 2.24) is 4.72 Å². The van der Waals surface area contributed by atoms with Gasteiger partial charge in [0.2, 0.25) is 10.0 Å². The molecular weight excluding hydrogens is 398 g/mol. The molecule has 0 bridgehead atoms. The molecule has 0 aliphatic carbocycles. The number of benzene rings is 1. The van der Waals surface area contributed by atoms with E-state index in [4.69, 9.17) is 4.74 Å². The monoisotopic (exact) mass is 411 g/mol. The van der Waals surface area contributed by atoms with Gasteiger partial charge in [-0.05, 0) is 53.9 Å². The van der Waals surface area contributed by atoms with Crippen molar-refractivity contribution in [3.63, 3.8) is 0 Å². The lowest BCUT2D eigenvalue weighted by Crippen LogP contribution is -2.51. The lowest BCUT2D eigenvalue weighted by Gasteiger charge is -2.34. The molecule has 0 spiro atoms. The number of hydrogen-bond acceptors (Lipinski definition) is 3. The van der Waals surface area contributed by atoms with Crippen molar-refractivity contribution in [2.24, 2.45) is 0 Å². The van der Waals surface area contributed by atoms with Gasteiger partial charge >= 0.3 is 0 Å². The van der Waals surface area contributed by atoms with Gasteiger partial charge in [0.1, 0.15) is 0 Å². The van der Waals surface area contributed by atoms with Gasteiger partial charge in [0, 0.05) is 15.6 Å². The highest BCUT2D eigenvalue weighted by Gasteiger charge is 2.33. The first-order chi connectivity index (χ1) is 8.82. The van der Waals surface area contributed by atoms with Gasteiger partial charge in [-0.1, -0.05) is 15.9 Å². The Labute approximate surface area is 130 Å². The van der Waals surface area contributed by atoms with E-state index in [2.05, 4.69) is 36.6 Å². The van der Waals surface area contributed by atoms with Crippen LogP contribution in [-0.4, -0.2) is 27.2 Å². The molecule has 0 radical (unpaired) electrons. The van der Waals surface area contributed by atoms with Gasteiger partial charge in [0.05, 0.1) is 17.0 Å². The predicted molar refractivity (Wildman–Crippen MR) is 80.6 cm³/mol. The summed E-state index contributed by atoms with van der Waals surface area (Å²) in [6.07, 6.45) is 1.64. The number of rotatable bonds is 3. The molecule has 0 saturated carbocycles. The fourth-order valence-corrected chi connectivity index (χ4v) is 5.00. The van der Waals surface area contributed by atoms with Crippen molar-refractivity contribution in [2.75, 3.05) is 13.2 Å². The maximum Gasteiger partial charge on any atom is 0.242 e. The number of ether oxygens (including phenoxy) is 1. The maximum atomic E-state index is 12.5. The first-order valence-electron chi connectivity index (χ1n) is 5.89. The van der Waals surface area contributed by atoms with E-state index in [9.17, 15) is 8.42 Å². The van der Waals surface area contributed by atoms with Crippen molar-refractivity contribution < 1.29 is 13.2 Å². The first-order valence-corrected chi connectivity index (χ1v) is 8.96. The number of hydrogen-bond donors (Lipinski definition) is 1. The molecule has 1 atom stereocenters. The van der Waals surface area contributed by atoms with Gasteiger partial charge in [-0.25, -0.2) is 13.1 Å². The van der Waals surface area contributed by atoms with E-state index >= 15 is 0 Å². The summed E-state index contributed by atoms with van der Waals surface area (Å²) in [6, 6.07) is 5.08. The molecule has 4 nitrogen and oxygen atoms in total. The third kappa shape index (κ3) is 3.78. The van der Waals surface area contributed by atoms with Crippen LogP contribution in [0, 0.1) is 0 Å². The smallest absolute Gasteiger partial charge is 0.242 e. The fourth-order valence-electron chi connectivity index (χ4n) is 2.08. The average molecular weight is 413 g/mol. The van der Waals surface area contributed by atoms with Crippen LogP contribution >= 0.6 is 31.9 Å². The summed E-state index contributed by atoms with van der Waals surface area (Å²) in [6.45, 7) is 2.96. The number of halogens is 2. The summed E-state index contributed by atoms with van der Waals surface area (Å²) < 4.78 is 34.3. The second-order valence-electron chi connectivity index (χ2n) is 4.90. The second kappa shape index (κ2) is 5.81. The van der Waals surface area contributed by atoms with E-state index in [-0.39, 0.29) is 4.90 Å². The standard InChI is InChI=1S/C12H15Br2NO3S/c1-12(5-2-6-18-8-12)15-19(16,17)11-7-9(13)3-4-10(11)14/h3-4,7,15H,2,5-6,8H2,1H3. The van der Waals surface area contributed by atoms with Crippen LogP contribution in [0.3, 0.4) is 0 Å². The minimum Gasteiger partial charge on any atom is -0.380 e. The van der Waals surface area contributed by atoms with Crippen molar-refractivity contribution in [2.45, 2.75) is 30.2 Å². The minimum absolute atomic E-state index is 0.230. The van der Waals surface area contributed by atoms with E-state index in [1.807, 2.05) is 6.92 Å². The Morgan fingerprint density at radius 1 is 1.37 bits per heavy atom. The molecule has 1 aliphatic heterocycles. The van der Waals surface area contributed by atoms with Gasteiger partial charge in [-0.3, -0.25) is 0 Å². The molecule has 0 aromatic heterocycles. The quantitative estimate of drug-likeness (QED) is 0.829. The molecule has 1 saturated heterocycles. The van der Waals surface area contributed by atoms with Crippen molar-refractivity contribution in [3.8, 4) is 0 Å². The van der Waals surface area contributed by atoms with Crippen molar-refractivity contribution in [3.05, 3.63) is 27.1 Å². The highest BCUT2D eigenvalue weighted by atomic mass is 79.9. The molecule has 2 rings (SSSR count). The van der Waals surface area contributed by atoms with E-state index in [0.717, 1.165) is 17.3 Å². The first kappa shape index (κ1) is 15.4. The fraction of sp³-hybridized carbons (Fsp3) is 0.500. The van der Waals surface area contributed by atoms with Crippen LogP contribution in [0.1, 0.15) is 19.8 Å². The predicted octanol–water partition coefficient (Wildman–Crippen LogP) is 3.06. The molecule has 1 aliphatic rings. The van der Waals surface area contributed by atoms with Gasteiger partial charge in [0.15, 0.2) is 0 Å². The summed E-state index contributed by atoms with van der Waals surface area (Å²) in [4.78, 5) is 0.230. The van der Waals surface area contributed by atoms with Gasteiger partial charge in [-0.15, -0.1) is 0 Å². The molecule has 1 heterocycles. The van der Waals surface area contributed by atoms with Crippen LogP contribution < -0.4 is 4.72 Å². The molecule has 1 aromatic carbocycles. The molecule has 1 unspecified atom stereocenters. The molecule has 1 aromatic rings. The SMILES string of the molecule is CC1(NS(=O)(=O)c2cc(Br)ccc2Br)CCCOC1. The summed E-state index contributed by atoms with van der Waals surface area (Å²) in [5.41, 5.74) is -0.543. The third-order valence-electron chi connectivity index (χ3n) is 3.00. The summed E-state index contributed by atoms with van der Waals surface area (Å²) in [5.74, 6) is 0. The Kier molecular flexibility index (Phi) is 4.72. The van der Waals surface area contributed by atoms with Gasteiger partial charge in [0.25, 0.3) is 0 Å². The average Bonchev–Trinajstić information content (AvgIpc) is 2.31. The molecule has 7 heteroatoms. The summed E-state index contributed by atoms with van der Waals surface area (Å²) in [5, 5.41) is 0. The van der Waals surface area contributed by atoms with Crippen LogP contribution in [0.2, 0.25) is 0 Å². The molecule has 106 valence electrons. The van der Waals surface area contributed by atoms with Crippen molar-refractivity contribution in [1.29, 1.82) is 0 Å². The summed E-state index contributed by atoms with van der Waals surface area (Å²) in [7, 11) is -3.58. The Morgan fingerprint density at radius 3 is 2.74 bits per heavy atom. The van der Waals surface area contributed by atoms with Crippen LogP contribution in [0.15, 0.2) is 32.0 Å². The second-order valence-corrected chi connectivity index (χ2v) is 8.32. The molecule has 1 fully saturated rings. The topological polar surface area (TPSA) is 55.4 Å². The van der Waals surface area contributed by atoms with E-state index < -0.39 is 15.6 Å². The molecule has 0 amide bonds. The van der Waals surface area contributed by atoms with Crippen LogP contribution in [0.4, 0.5) is 0 Å². The van der Waals surface area contributed by atoms with Crippen LogP contribution in [0.25, 0.3) is 0 Å². The minimum atomic E-state index is -3.58. The largest absolute Gasteiger partial charge is 0.380 e. The third-order valence-corrected chi connectivity index (χ3v) is 6.13. The highest BCUT2D eigenvalue weighted by molar-refractivity contribution is 9.11. The van der Waals surface area contributed by atoms with E-state index in [1.54, 1.807) is 18.2 Å². The van der Waals surface area contributed by atoms with Crippen molar-refractivity contribution >= 4 is 41.9 Å². The highest BCUT2D eigenvalue weighted by Crippen LogP contribution is 2.28. The zero-order chi connectivity index (χ0) is 14.1. The van der Waals surface area contributed by atoms with Crippen LogP contribution in [-0.2, 0) is 14.8 Å². The molecular formula is C12H15Br2NO3S. The van der Waals surface area contributed by atoms with Gasteiger partial charge < -0.3 is 4.74 Å². The zero-order valence-corrected chi connectivity index (χ0v) is 14.4. The van der Waals surface area contributed by atoms with Crippen LogP contribution in [0.5, 0.6) is 0 Å². The Hall–Kier alpha value is 0.0500. The number of sulfonamides is 1. The summed E-state index contributed by atoms with van der Waals surface area (Å²) >= 11 is 6.57. The number of nitrogens with one attached hydrogen (secondary N) is 1. The van der Waals surface area contributed by atoms with E-state index in [1.165, 1.54) is 0 Å². The lowest BCUT2D eigenvalue weighted by molar-refractivity contribution is 0.0386. The lowest BCUT2D eigenvalue weighted by atomic mass is 9.97. The Morgan fingerprint density at radius 2 is 2.11 bits per heavy atom. The van der Waals surface area contributed by atoms with E-state index in [0.29, 0.717) is 17.7 Å². The molecule has 1 N–H and O–H groups in total. The maximum absolute atomic E-state index is 12.5. The Balaban J connectivity index is 2.29.